The highest BCUT2D eigenvalue weighted by atomic mass is 32.2. The average Bonchev–Trinajstić information content (AvgIpc) is 3.26. The molecule has 0 radical (unpaired) electrons. The van der Waals surface area contributed by atoms with Crippen LogP contribution < -0.4 is 0 Å². The standard InChI is InChI=1S/C18H14N6S/c1-11-8-15(20-19-11)17-21-22-18-24(17)23-16(10-25-18)14-7-6-12-4-2-3-5-13(12)9-14/h2-9H,10H2,1H3,(H,19,20). The normalized spacial score (nSPS) is 13.7. The van der Waals surface area contributed by atoms with Crippen LogP contribution in [0.25, 0.3) is 22.3 Å². The molecule has 0 bridgehead atoms. The molecule has 1 N–H and O–H groups in total. The number of benzene rings is 2. The van der Waals surface area contributed by atoms with Crippen molar-refractivity contribution in [1.82, 2.24) is 25.1 Å². The van der Waals surface area contributed by atoms with E-state index in [1.165, 1.54) is 10.8 Å². The van der Waals surface area contributed by atoms with Gasteiger partial charge in [-0.1, -0.05) is 48.2 Å². The van der Waals surface area contributed by atoms with Crippen LogP contribution in [0.15, 0.2) is 58.8 Å². The summed E-state index contributed by atoms with van der Waals surface area (Å²) in [6, 6.07) is 16.7. The number of fused-ring (bicyclic) bond motifs is 2. The van der Waals surface area contributed by atoms with Crippen molar-refractivity contribution in [2.75, 3.05) is 5.75 Å². The Hall–Kier alpha value is -2.93. The van der Waals surface area contributed by atoms with E-state index in [4.69, 9.17) is 5.10 Å². The van der Waals surface area contributed by atoms with Crippen LogP contribution in [0, 0.1) is 6.92 Å². The average molecular weight is 346 g/mol. The number of aromatic amines is 1. The van der Waals surface area contributed by atoms with Crippen LogP contribution in [-0.2, 0) is 0 Å². The fourth-order valence-electron chi connectivity index (χ4n) is 2.93. The van der Waals surface area contributed by atoms with Crippen molar-refractivity contribution in [2.24, 2.45) is 5.10 Å². The fourth-order valence-corrected chi connectivity index (χ4v) is 3.77. The first kappa shape index (κ1) is 14.4. The lowest BCUT2D eigenvalue weighted by molar-refractivity contribution is 0.760. The molecule has 0 saturated heterocycles. The largest absolute Gasteiger partial charge is 0.282 e. The lowest BCUT2D eigenvalue weighted by atomic mass is 10.0. The van der Waals surface area contributed by atoms with Gasteiger partial charge < -0.3 is 0 Å². The number of hydrogen-bond donors (Lipinski definition) is 1. The van der Waals surface area contributed by atoms with E-state index >= 15 is 0 Å². The number of hydrogen-bond acceptors (Lipinski definition) is 5. The van der Waals surface area contributed by atoms with Crippen molar-refractivity contribution in [3.63, 3.8) is 0 Å². The molecule has 0 spiro atoms. The highest BCUT2D eigenvalue weighted by Gasteiger charge is 2.22. The Balaban J connectivity index is 1.61. The van der Waals surface area contributed by atoms with Crippen LogP contribution >= 0.6 is 11.8 Å². The maximum absolute atomic E-state index is 4.80. The summed E-state index contributed by atoms with van der Waals surface area (Å²) in [5.74, 6) is 1.43. The molecule has 1 aliphatic rings. The third-order valence-corrected chi connectivity index (χ3v) is 5.12. The number of nitrogens with one attached hydrogen (secondary N) is 1. The van der Waals surface area contributed by atoms with Crippen molar-refractivity contribution in [1.29, 1.82) is 0 Å². The van der Waals surface area contributed by atoms with Gasteiger partial charge in [-0.15, -0.1) is 10.2 Å². The molecule has 7 heteroatoms. The van der Waals surface area contributed by atoms with Gasteiger partial charge >= 0.3 is 0 Å². The highest BCUT2D eigenvalue weighted by Crippen LogP contribution is 2.28. The Morgan fingerprint density at radius 3 is 2.76 bits per heavy atom. The zero-order chi connectivity index (χ0) is 16.8. The van der Waals surface area contributed by atoms with E-state index < -0.39 is 0 Å². The van der Waals surface area contributed by atoms with Gasteiger partial charge in [-0.05, 0) is 35.4 Å². The van der Waals surface area contributed by atoms with Gasteiger partial charge in [0.1, 0.15) is 5.69 Å². The Morgan fingerprint density at radius 1 is 1.04 bits per heavy atom. The quantitative estimate of drug-likeness (QED) is 0.603. The van der Waals surface area contributed by atoms with Crippen molar-refractivity contribution < 1.29 is 0 Å². The third kappa shape index (κ3) is 2.44. The Labute approximate surface area is 148 Å². The zero-order valence-electron chi connectivity index (χ0n) is 13.5. The second-order valence-electron chi connectivity index (χ2n) is 5.95. The first-order valence-electron chi connectivity index (χ1n) is 7.95. The molecule has 4 aromatic rings. The van der Waals surface area contributed by atoms with Crippen LogP contribution in [0.5, 0.6) is 0 Å². The van der Waals surface area contributed by atoms with Crippen molar-refractivity contribution in [3.05, 3.63) is 59.8 Å². The van der Waals surface area contributed by atoms with E-state index in [0.29, 0.717) is 5.82 Å². The number of thioether (sulfide) groups is 1. The van der Waals surface area contributed by atoms with Crippen LogP contribution in [0.4, 0.5) is 0 Å². The number of aromatic nitrogens is 5. The second kappa shape index (κ2) is 5.56. The molecule has 0 fully saturated rings. The van der Waals surface area contributed by atoms with Gasteiger partial charge in [-0.3, -0.25) is 5.10 Å². The van der Waals surface area contributed by atoms with Crippen molar-refractivity contribution >= 4 is 28.2 Å². The van der Waals surface area contributed by atoms with Gasteiger partial charge in [0.05, 0.1) is 5.71 Å². The first-order valence-corrected chi connectivity index (χ1v) is 8.94. The molecule has 2 aromatic carbocycles. The summed E-state index contributed by atoms with van der Waals surface area (Å²) in [6.07, 6.45) is 0. The van der Waals surface area contributed by atoms with Gasteiger partial charge in [0, 0.05) is 11.4 Å². The van der Waals surface area contributed by atoms with Crippen molar-refractivity contribution in [2.45, 2.75) is 12.1 Å². The van der Waals surface area contributed by atoms with Crippen LogP contribution in [-0.4, -0.2) is 36.5 Å². The minimum absolute atomic E-state index is 0.657. The number of H-pyrrole nitrogens is 1. The minimum Gasteiger partial charge on any atom is -0.282 e. The van der Waals surface area contributed by atoms with Gasteiger partial charge in [-0.25, -0.2) is 0 Å². The van der Waals surface area contributed by atoms with Crippen LogP contribution in [0.1, 0.15) is 11.3 Å². The fraction of sp³-hybridized carbons (Fsp3) is 0.111. The molecular formula is C18H14N6S. The second-order valence-corrected chi connectivity index (χ2v) is 6.89. The topological polar surface area (TPSA) is 71.8 Å². The highest BCUT2D eigenvalue weighted by molar-refractivity contribution is 7.99. The van der Waals surface area contributed by atoms with E-state index in [0.717, 1.165) is 33.6 Å². The number of aryl methyl sites for hydroxylation is 1. The van der Waals surface area contributed by atoms with Gasteiger partial charge in [0.15, 0.2) is 0 Å². The minimum atomic E-state index is 0.657. The maximum atomic E-state index is 4.80. The number of rotatable bonds is 2. The monoisotopic (exact) mass is 346 g/mol. The molecular weight excluding hydrogens is 332 g/mol. The predicted octanol–water partition coefficient (Wildman–Crippen LogP) is 3.49. The van der Waals surface area contributed by atoms with E-state index in [-0.39, 0.29) is 0 Å². The molecule has 0 atom stereocenters. The lowest BCUT2D eigenvalue weighted by Crippen LogP contribution is -2.13. The van der Waals surface area contributed by atoms with Crippen LogP contribution in [0.3, 0.4) is 0 Å². The smallest absolute Gasteiger partial charge is 0.212 e. The molecule has 1 aliphatic heterocycles. The van der Waals surface area contributed by atoms with Crippen LogP contribution in [0.2, 0.25) is 0 Å². The van der Waals surface area contributed by atoms with Gasteiger partial charge in [0.2, 0.25) is 11.0 Å². The van der Waals surface area contributed by atoms with E-state index in [1.807, 2.05) is 13.0 Å². The maximum Gasteiger partial charge on any atom is 0.212 e. The molecule has 25 heavy (non-hydrogen) atoms. The molecule has 3 heterocycles. The van der Waals surface area contributed by atoms with Gasteiger partial charge in [-0.2, -0.15) is 14.9 Å². The molecule has 0 saturated carbocycles. The predicted molar refractivity (Wildman–Crippen MR) is 98.9 cm³/mol. The summed E-state index contributed by atoms with van der Waals surface area (Å²) < 4.78 is 1.79. The SMILES string of the molecule is Cc1cc(-c2nnc3n2N=C(c2ccc4ccccc4c2)CS3)n[nH]1. The zero-order valence-corrected chi connectivity index (χ0v) is 14.3. The summed E-state index contributed by atoms with van der Waals surface area (Å²) >= 11 is 1.64. The van der Waals surface area contributed by atoms with Crippen molar-refractivity contribution in [3.8, 4) is 11.5 Å². The molecule has 2 aromatic heterocycles. The van der Waals surface area contributed by atoms with E-state index in [1.54, 1.807) is 16.4 Å². The lowest BCUT2D eigenvalue weighted by Gasteiger charge is -2.14. The first-order chi connectivity index (χ1) is 12.3. The molecule has 0 aliphatic carbocycles. The van der Waals surface area contributed by atoms with Gasteiger partial charge in [0.25, 0.3) is 0 Å². The number of nitrogens with zero attached hydrogens (tertiary/aromatic N) is 5. The molecule has 6 nitrogen and oxygen atoms in total. The molecule has 0 unspecified atom stereocenters. The summed E-state index contributed by atoms with van der Waals surface area (Å²) in [5.41, 5.74) is 3.86. The molecule has 122 valence electrons. The molecule has 0 amide bonds. The summed E-state index contributed by atoms with van der Waals surface area (Å²) in [7, 11) is 0. The Morgan fingerprint density at radius 2 is 1.92 bits per heavy atom. The van der Waals surface area contributed by atoms with E-state index in [2.05, 4.69) is 62.9 Å². The summed E-state index contributed by atoms with van der Waals surface area (Å²) in [5, 5.41) is 23.8. The summed E-state index contributed by atoms with van der Waals surface area (Å²) in [6.45, 7) is 1.96. The Kier molecular flexibility index (Phi) is 3.21. The Bertz CT molecular complexity index is 1120. The third-order valence-electron chi connectivity index (χ3n) is 4.19. The van der Waals surface area contributed by atoms with E-state index in [9.17, 15) is 0 Å². The summed E-state index contributed by atoms with van der Waals surface area (Å²) in [4.78, 5) is 0. The molecule has 5 rings (SSSR count).